The van der Waals surface area contributed by atoms with Crippen LogP contribution in [-0.2, 0) is 12.8 Å². The summed E-state index contributed by atoms with van der Waals surface area (Å²) < 4.78 is 0. The van der Waals surface area contributed by atoms with E-state index < -0.39 is 0 Å². The Morgan fingerprint density at radius 2 is 2.06 bits per heavy atom. The average molecular weight is 268 g/mol. The van der Waals surface area contributed by atoms with Crippen LogP contribution in [0.1, 0.15) is 55.2 Å². The van der Waals surface area contributed by atoms with Crippen LogP contribution in [0, 0.1) is 0 Å². The van der Waals surface area contributed by atoms with Gasteiger partial charge in [-0.2, -0.15) is 0 Å². The quantitative estimate of drug-likeness (QED) is 0.819. The van der Waals surface area contributed by atoms with Gasteiger partial charge in [0, 0.05) is 0 Å². The number of benzene rings is 1. The molecule has 1 atom stereocenters. The number of phenols is 1. The van der Waals surface area contributed by atoms with Gasteiger partial charge in [-0.05, 0) is 61.3 Å². The van der Waals surface area contributed by atoms with Crippen molar-refractivity contribution in [2.75, 3.05) is 6.54 Å². The zero-order valence-electron chi connectivity index (χ0n) is 11.0. The molecule has 0 radical (unpaired) electrons. The van der Waals surface area contributed by atoms with Gasteiger partial charge in [0.25, 0.3) is 0 Å². The molecule has 0 spiro atoms. The van der Waals surface area contributed by atoms with Crippen molar-refractivity contribution >= 4 is 11.6 Å². The number of nitrogens with two attached hydrogens (primary N) is 1. The van der Waals surface area contributed by atoms with Crippen molar-refractivity contribution < 1.29 is 5.11 Å². The minimum Gasteiger partial charge on any atom is -0.506 e. The van der Waals surface area contributed by atoms with E-state index in [9.17, 15) is 5.11 Å². The van der Waals surface area contributed by atoms with Gasteiger partial charge in [0.2, 0.25) is 0 Å². The minimum absolute atomic E-state index is 0.265. The van der Waals surface area contributed by atoms with Crippen molar-refractivity contribution in [1.82, 2.24) is 0 Å². The summed E-state index contributed by atoms with van der Waals surface area (Å²) in [6, 6.07) is 2.15. The highest BCUT2D eigenvalue weighted by Gasteiger charge is 2.20. The third-order valence-electron chi connectivity index (χ3n) is 3.97. The molecular formula is C15H22ClNO. The van der Waals surface area contributed by atoms with Crippen molar-refractivity contribution in [2.45, 2.75) is 51.4 Å². The molecular weight excluding hydrogens is 246 g/mol. The van der Waals surface area contributed by atoms with E-state index in [1.807, 2.05) is 0 Å². The molecule has 1 aromatic rings. The highest BCUT2D eigenvalue weighted by molar-refractivity contribution is 6.33. The van der Waals surface area contributed by atoms with E-state index in [0.717, 1.165) is 30.4 Å². The maximum atomic E-state index is 10.3. The Morgan fingerprint density at radius 3 is 2.78 bits per heavy atom. The largest absolute Gasteiger partial charge is 0.506 e. The summed E-state index contributed by atoms with van der Waals surface area (Å²) in [7, 11) is 0. The van der Waals surface area contributed by atoms with Gasteiger partial charge in [-0.1, -0.05) is 31.0 Å². The Labute approximate surface area is 114 Å². The Bertz CT molecular complexity index is 431. The summed E-state index contributed by atoms with van der Waals surface area (Å²) in [6.45, 7) is 2.73. The number of halogens is 1. The van der Waals surface area contributed by atoms with Crippen LogP contribution in [-0.4, -0.2) is 11.7 Å². The average Bonchev–Trinajstić information content (AvgIpc) is 2.59. The lowest BCUT2D eigenvalue weighted by Crippen LogP contribution is -2.06. The smallest absolute Gasteiger partial charge is 0.137 e. The van der Waals surface area contributed by atoms with E-state index in [4.69, 9.17) is 17.3 Å². The first kappa shape index (κ1) is 13.7. The van der Waals surface area contributed by atoms with E-state index in [1.54, 1.807) is 0 Å². The van der Waals surface area contributed by atoms with Crippen LogP contribution in [0.4, 0.5) is 0 Å². The summed E-state index contributed by atoms with van der Waals surface area (Å²) in [5.74, 6) is 0.541. The second-order valence-corrected chi connectivity index (χ2v) is 5.68. The molecule has 1 aliphatic carbocycles. The van der Waals surface area contributed by atoms with Crippen molar-refractivity contribution in [3.8, 4) is 5.75 Å². The molecule has 1 aromatic carbocycles. The Hall–Kier alpha value is -0.730. The van der Waals surface area contributed by atoms with Gasteiger partial charge in [-0.25, -0.2) is 0 Å². The molecule has 0 aromatic heterocycles. The number of rotatable bonds is 3. The van der Waals surface area contributed by atoms with Gasteiger partial charge in [0.05, 0.1) is 5.02 Å². The molecule has 0 saturated heterocycles. The van der Waals surface area contributed by atoms with Crippen molar-refractivity contribution in [3.63, 3.8) is 0 Å². The second-order valence-electron chi connectivity index (χ2n) is 5.31. The van der Waals surface area contributed by atoms with Gasteiger partial charge in [0.1, 0.15) is 5.75 Å². The number of aromatic hydroxyl groups is 1. The number of hydrogen-bond donors (Lipinski definition) is 2. The normalized spacial score (nSPS) is 17.1. The van der Waals surface area contributed by atoms with Crippen molar-refractivity contribution in [1.29, 1.82) is 0 Å². The third-order valence-corrected chi connectivity index (χ3v) is 4.37. The SMILES string of the molecule is CC(CCN)c1cc2c(c(Cl)c1O)CCCCC2. The molecule has 0 heterocycles. The molecule has 1 unspecified atom stereocenters. The van der Waals surface area contributed by atoms with E-state index in [-0.39, 0.29) is 11.7 Å². The lowest BCUT2D eigenvalue weighted by atomic mass is 9.91. The van der Waals surface area contributed by atoms with E-state index in [0.29, 0.717) is 11.6 Å². The Morgan fingerprint density at radius 1 is 1.33 bits per heavy atom. The number of hydrogen-bond acceptors (Lipinski definition) is 2. The lowest BCUT2D eigenvalue weighted by molar-refractivity contribution is 0.460. The second kappa shape index (κ2) is 5.94. The summed E-state index contributed by atoms with van der Waals surface area (Å²) in [5, 5.41) is 10.8. The molecule has 3 N–H and O–H groups in total. The molecule has 100 valence electrons. The summed E-state index contributed by atoms with van der Waals surface area (Å²) in [6.07, 6.45) is 6.59. The first-order valence-electron chi connectivity index (χ1n) is 6.88. The monoisotopic (exact) mass is 267 g/mol. The molecule has 1 aliphatic rings. The lowest BCUT2D eigenvalue weighted by Gasteiger charge is -2.18. The van der Waals surface area contributed by atoms with Crippen LogP contribution in [0.3, 0.4) is 0 Å². The summed E-state index contributed by atoms with van der Waals surface area (Å²) in [5.41, 5.74) is 9.06. The van der Waals surface area contributed by atoms with Crippen LogP contribution in [0.2, 0.25) is 5.02 Å². The molecule has 0 saturated carbocycles. The molecule has 0 fully saturated rings. The standard InChI is InChI=1S/C15H22ClNO/c1-10(7-8-17)13-9-11-5-3-2-4-6-12(11)14(16)15(13)18/h9-10,18H,2-8,17H2,1H3. The molecule has 3 heteroatoms. The van der Waals surface area contributed by atoms with Gasteiger partial charge in [-0.15, -0.1) is 0 Å². The highest BCUT2D eigenvalue weighted by Crippen LogP contribution is 2.40. The topological polar surface area (TPSA) is 46.2 Å². The molecule has 2 nitrogen and oxygen atoms in total. The molecule has 2 rings (SSSR count). The first-order valence-corrected chi connectivity index (χ1v) is 7.26. The molecule has 18 heavy (non-hydrogen) atoms. The van der Waals surface area contributed by atoms with Gasteiger partial charge >= 0.3 is 0 Å². The Balaban J connectivity index is 2.43. The van der Waals surface area contributed by atoms with Crippen LogP contribution >= 0.6 is 11.6 Å². The zero-order chi connectivity index (χ0) is 13.1. The molecule has 0 amide bonds. The Kier molecular flexibility index (Phi) is 4.52. The van der Waals surface area contributed by atoms with Crippen molar-refractivity contribution in [3.05, 3.63) is 27.8 Å². The molecule has 0 bridgehead atoms. The van der Waals surface area contributed by atoms with Gasteiger partial charge in [0.15, 0.2) is 0 Å². The summed E-state index contributed by atoms with van der Waals surface area (Å²) in [4.78, 5) is 0. The fourth-order valence-corrected chi connectivity index (χ4v) is 3.15. The van der Waals surface area contributed by atoms with E-state index in [2.05, 4.69) is 13.0 Å². The minimum atomic E-state index is 0.265. The maximum Gasteiger partial charge on any atom is 0.137 e. The zero-order valence-corrected chi connectivity index (χ0v) is 11.8. The highest BCUT2D eigenvalue weighted by atomic mass is 35.5. The predicted octanol–water partition coefficient (Wildman–Crippen LogP) is 3.77. The van der Waals surface area contributed by atoms with E-state index >= 15 is 0 Å². The van der Waals surface area contributed by atoms with Crippen LogP contribution < -0.4 is 5.73 Å². The van der Waals surface area contributed by atoms with Crippen LogP contribution in [0.5, 0.6) is 5.75 Å². The van der Waals surface area contributed by atoms with E-state index in [1.165, 1.54) is 24.8 Å². The van der Waals surface area contributed by atoms with Crippen molar-refractivity contribution in [2.24, 2.45) is 5.73 Å². The van der Waals surface area contributed by atoms with Crippen LogP contribution in [0.25, 0.3) is 0 Å². The van der Waals surface area contributed by atoms with Crippen LogP contribution in [0.15, 0.2) is 6.07 Å². The van der Waals surface area contributed by atoms with Gasteiger partial charge < -0.3 is 10.8 Å². The number of phenolic OH excluding ortho intramolecular Hbond substituents is 1. The maximum absolute atomic E-state index is 10.3. The fourth-order valence-electron chi connectivity index (χ4n) is 2.82. The number of fused-ring (bicyclic) bond motifs is 1. The number of aryl methyl sites for hydroxylation is 1. The first-order chi connectivity index (χ1) is 8.65. The molecule has 0 aliphatic heterocycles. The van der Waals surface area contributed by atoms with Gasteiger partial charge in [-0.3, -0.25) is 0 Å². The third kappa shape index (κ3) is 2.65. The fraction of sp³-hybridized carbons (Fsp3) is 0.600. The summed E-state index contributed by atoms with van der Waals surface area (Å²) >= 11 is 6.35. The predicted molar refractivity (Wildman–Crippen MR) is 76.5 cm³/mol.